The van der Waals surface area contributed by atoms with Gasteiger partial charge < -0.3 is 10.4 Å². The Kier molecular flexibility index (Phi) is 5.14. The molecule has 1 amide bonds. The van der Waals surface area contributed by atoms with Crippen LogP contribution in [0.25, 0.3) is 6.08 Å². The molecule has 1 aromatic carbocycles. The fourth-order valence-electron chi connectivity index (χ4n) is 2.59. The van der Waals surface area contributed by atoms with Crippen LogP contribution >= 0.6 is 0 Å². The third-order valence-corrected chi connectivity index (χ3v) is 3.94. The van der Waals surface area contributed by atoms with Crippen LogP contribution in [0.5, 0.6) is 0 Å². The van der Waals surface area contributed by atoms with E-state index >= 15 is 0 Å². The quantitative estimate of drug-likeness (QED) is 0.836. The predicted molar refractivity (Wildman–Crippen MR) is 82.0 cm³/mol. The zero-order valence-electron chi connectivity index (χ0n) is 12.2. The molecule has 4 heteroatoms. The van der Waals surface area contributed by atoms with Crippen molar-refractivity contribution in [2.45, 2.75) is 38.6 Å². The Morgan fingerprint density at radius 2 is 1.76 bits per heavy atom. The van der Waals surface area contributed by atoms with Crippen LogP contribution in [0.1, 0.15) is 48.5 Å². The van der Waals surface area contributed by atoms with E-state index < -0.39 is 5.97 Å². The first-order valence-electron chi connectivity index (χ1n) is 7.36. The van der Waals surface area contributed by atoms with Gasteiger partial charge in [-0.15, -0.1) is 0 Å². The van der Waals surface area contributed by atoms with Crippen LogP contribution < -0.4 is 5.32 Å². The summed E-state index contributed by atoms with van der Waals surface area (Å²) in [5.74, 6) is -0.273. The summed E-state index contributed by atoms with van der Waals surface area (Å²) in [7, 11) is 0. The van der Waals surface area contributed by atoms with Crippen molar-refractivity contribution in [3.8, 4) is 0 Å². The maximum absolute atomic E-state index is 12.1. The largest absolute Gasteiger partial charge is 0.478 e. The highest BCUT2D eigenvalue weighted by Gasteiger charge is 2.20. The summed E-state index contributed by atoms with van der Waals surface area (Å²) in [6.07, 6.45) is 7.03. The molecule has 1 aliphatic carbocycles. The molecule has 0 unspecified atom stereocenters. The van der Waals surface area contributed by atoms with Gasteiger partial charge in [-0.1, -0.05) is 19.1 Å². The second-order valence-electron chi connectivity index (χ2n) is 5.72. The Hall–Kier alpha value is -2.10. The minimum atomic E-state index is -0.983. The highest BCUT2D eigenvalue weighted by Crippen LogP contribution is 2.23. The molecule has 2 N–H and O–H groups in total. The van der Waals surface area contributed by atoms with Gasteiger partial charge in [-0.3, -0.25) is 4.79 Å². The molecular weight excluding hydrogens is 266 g/mol. The molecule has 0 heterocycles. The molecule has 1 aromatic rings. The van der Waals surface area contributed by atoms with E-state index in [0.717, 1.165) is 30.4 Å². The van der Waals surface area contributed by atoms with Gasteiger partial charge in [-0.05, 0) is 55.4 Å². The van der Waals surface area contributed by atoms with Crippen molar-refractivity contribution in [2.24, 2.45) is 5.92 Å². The number of amides is 1. The van der Waals surface area contributed by atoms with Crippen LogP contribution in [-0.2, 0) is 4.79 Å². The van der Waals surface area contributed by atoms with Crippen molar-refractivity contribution < 1.29 is 14.7 Å². The Bertz CT molecular complexity index is 525. The van der Waals surface area contributed by atoms with E-state index in [2.05, 4.69) is 12.2 Å². The molecule has 0 atom stereocenters. The molecule has 0 aliphatic heterocycles. The second-order valence-corrected chi connectivity index (χ2v) is 5.72. The summed E-state index contributed by atoms with van der Waals surface area (Å²) in [6, 6.07) is 7.22. The molecule has 0 bridgehead atoms. The molecule has 0 aromatic heterocycles. The first kappa shape index (κ1) is 15.3. The number of hydrogen-bond acceptors (Lipinski definition) is 2. The average molecular weight is 287 g/mol. The molecule has 0 radical (unpaired) electrons. The Morgan fingerprint density at radius 1 is 1.14 bits per heavy atom. The summed E-state index contributed by atoms with van der Waals surface area (Å²) >= 11 is 0. The normalized spacial score (nSPS) is 22.1. The van der Waals surface area contributed by atoms with Gasteiger partial charge in [0.2, 0.25) is 0 Å². The Morgan fingerprint density at radius 3 is 2.33 bits per heavy atom. The third-order valence-electron chi connectivity index (χ3n) is 3.94. The van der Waals surface area contributed by atoms with Crippen molar-refractivity contribution in [3.05, 3.63) is 41.5 Å². The Balaban J connectivity index is 1.92. The first-order valence-corrected chi connectivity index (χ1v) is 7.36. The topological polar surface area (TPSA) is 66.4 Å². The number of nitrogens with one attached hydrogen (secondary N) is 1. The summed E-state index contributed by atoms with van der Waals surface area (Å²) in [5.41, 5.74) is 1.38. The van der Waals surface area contributed by atoms with E-state index in [9.17, 15) is 9.59 Å². The number of carboxylic acids is 1. The SMILES string of the molecule is CC1CCC(NC(=O)c2ccc(C=CC(=O)O)cc2)CC1. The molecule has 1 saturated carbocycles. The molecule has 1 aliphatic rings. The molecule has 2 rings (SSSR count). The molecule has 1 fully saturated rings. The van der Waals surface area contributed by atoms with Gasteiger partial charge in [-0.25, -0.2) is 4.79 Å². The van der Waals surface area contributed by atoms with Crippen molar-refractivity contribution in [1.82, 2.24) is 5.32 Å². The molecule has 0 spiro atoms. The minimum Gasteiger partial charge on any atom is -0.478 e. The van der Waals surface area contributed by atoms with Gasteiger partial charge in [0.15, 0.2) is 0 Å². The summed E-state index contributed by atoms with van der Waals surface area (Å²) in [5, 5.41) is 11.6. The van der Waals surface area contributed by atoms with Crippen LogP contribution in [0, 0.1) is 5.92 Å². The van der Waals surface area contributed by atoms with E-state index in [1.54, 1.807) is 24.3 Å². The third kappa shape index (κ3) is 4.74. The highest BCUT2D eigenvalue weighted by molar-refractivity contribution is 5.94. The van der Waals surface area contributed by atoms with E-state index in [-0.39, 0.29) is 11.9 Å². The zero-order valence-corrected chi connectivity index (χ0v) is 12.2. The summed E-state index contributed by atoms with van der Waals surface area (Å²) < 4.78 is 0. The van der Waals surface area contributed by atoms with Gasteiger partial charge in [0.05, 0.1) is 0 Å². The average Bonchev–Trinajstić information content (AvgIpc) is 2.48. The fraction of sp³-hybridized carbons (Fsp3) is 0.412. The van der Waals surface area contributed by atoms with Gasteiger partial charge >= 0.3 is 5.97 Å². The lowest BCUT2D eigenvalue weighted by atomic mass is 9.87. The van der Waals surface area contributed by atoms with Gasteiger partial charge in [0.25, 0.3) is 5.91 Å². The van der Waals surface area contributed by atoms with Gasteiger partial charge in [0, 0.05) is 17.7 Å². The maximum Gasteiger partial charge on any atom is 0.328 e. The molecule has 21 heavy (non-hydrogen) atoms. The number of carboxylic acid groups (broad SMARTS) is 1. The number of hydrogen-bond donors (Lipinski definition) is 2. The molecule has 0 saturated heterocycles. The smallest absolute Gasteiger partial charge is 0.328 e. The number of rotatable bonds is 4. The van der Waals surface area contributed by atoms with Gasteiger partial charge in [-0.2, -0.15) is 0 Å². The van der Waals surface area contributed by atoms with Crippen molar-refractivity contribution in [1.29, 1.82) is 0 Å². The lowest BCUT2D eigenvalue weighted by Crippen LogP contribution is -2.37. The van der Waals surface area contributed by atoms with E-state index in [1.165, 1.54) is 18.9 Å². The highest BCUT2D eigenvalue weighted by atomic mass is 16.4. The lowest BCUT2D eigenvalue weighted by Gasteiger charge is -2.26. The number of aliphatic carboxylic acids is 1. The van der Waals surface area contributed by atoms with Gasteiger partial charge in [0.1, 0.15) is 0 Å². The van der Waals surface area contributed by atoms with Crippen molar-refractivity contribution in [2.75, 3.05) is 0 Å². The molecule has 112 valence electrons. The number of carbonyl (C=O) groups excluding carboxylic acids is 1. The van der Waals surface area contributed by atoms with Crippen LogP contribution in [0.4, 0.5) is 0 Å². The summed E-state index contributed by atoms with van der Waals surface area (Å²) in [6.45, 7) is 2.25. The van der Waals surface area contributed by atoms with Crippen LogP contribution in [0.2, 0.25) is 0 Å². The van der Waals surface area contributed by atoms with Crippen LogP contribution in [0.3, 0.4) is 0 Å². The van der Waals surface area contributed by atoms with Crippen LogP contribution in [-0.4, -0.2) is 23.0 Å². The first-order chi connectivity index (χ1) is 10.0. The summed E-state index contributed by atoms with van der Waals surface area (Å²) in [4.78, 5) is 22.6. The minimum absolute atomic E-state index is 0.0525. The number of benzene rings is 1. The van der Waals surface area contributed by atoms with E-state index in [4.69, 9.17) is 5.11 Å². The van der Waals surface area contributed by atoms with E-state index in [1.807, 2.05) is 0 Å². The second kappa shape index (κ2) is 7.07. The molecule has 4 nitrogen and oxygen atoms in total. The molecular formula is C17H21NO3. The maximum atomic E-state index is 12.1. The van der Waals surface area contributed by atoms with E-state index in [0.29, 0.717) is 5.56 Å². The standard InChI is InChI=1S/C17H21NO3/c1-12-2-9-15(10-3-12)18-17(21)14-7-4-13(5-8-14)6-11-16(19)20/h4-8,11-12,15H,2-3,9-10H2,1H3,(H,18,21)(H,19,20). The predicted octanol–water partition coefficient (Wildman–Crippen LogP) is 3.09. The lowest BCUT2D eigenvalue weighted by molar-refractivity contribution is -0.131. The Labute approximate surface area is 124 Å². The van der Waals surface area contributed by atoms with Crippen LogP contribution in [0.15, 0.2) is 30.3 Å². The number of carbonyl (C=O) groups is 2. The zero-order chi connectivity index (χ0) is 15.2. The monoisotopic (exact) mass is 287 g/mol. The van der Waals surface area contributed by atoms with Crippen molar-refractivity contribution >= 4 is 18.0 Å². The fourth-order valence-corrected chi connectivity index (χ4v) is 2.59. The van der Waals surface area contributed by atoms with Crippen molar-refractivity contribution in [3.63, 3.8) is 0 Å².